The molecule has 34 heavy (non-hydrogen) atoms. The van der Waals surface area contributed by atoms with Gasteiger partial charge in [-0.1, -0.05) is 48.5 Å². The quantitative estimate of drug-likeness (QED) is 0.296. The van der Waals surface area contributed by atoms with Crippen LogP contribution in [0.15, 0.2) is 83.6 Å². The highest BCUT2D eigenvalue weighted by atomic mass is 32.1. The van der Waals surface area contributed by atoms with Crippen molar-refractivity contribution in [3.8, 4) is 20.9 Å². The fourth-order valence-electron chi connectivity index (χ4n) is 4.56. The standard InChI is InChI=1S/C28H26N2O2S2/c31-27(29-23-9-3-1-7-21(23)25-11-5-17-33-25)19-13-15-20(16-14-19)28(32)30-24-10-4-2-8-22(24)26-12-6-18-34-26/h1-12,17-20H,13-16H2,(H,29,31)(H,30,32). The van der Waals surface area contributed by atoms with Gasteiger partial charge in [-0.2, -0.15) is 0 Å². The van der Waals surface area contributed by atoms with Gasteiger partial charge in [-0.15, -0.1) is 22.7 Å². The molecule has 5 rings (SSSR count). The monoisotopic (exact) mass is 486 g/mol. The average molecular weight is 487 g/mol. The lowest BCUT2D eigenvalue weighted by atomic mass is 9.81. The van der Waals surface area contributed by atoms with E-state index in [0.29, 0.717) is 0 Å². The Hall–Kier alpha value is -3.22. The van der Waals surface area contributed by atoms with E-state index in [1.54, 1.807) is 22.7 Å². The summed E-state index contributed by atoms with van der Waals surface area (Å²) in [5, 5.41) is 10.4. The summed E-state index contributed by atoms with van der Waals surface area (Å²) in [4.78, 5) is 28.3. The average Bonchev–Trinajstić information content (AvgIpc) is 3.60. The predicted molar refractivity (Wildman–Crippen MR) is 142 cm³/mol. The van der Waals surface area contributed by atoms with Crippen molar-refractivity contribution in [2.24, 2.45) is 11.8 Å². The molecule has 2 N–H and O–H groups in total. The molecule has 172 valence electrons. The van der Waals surface area contributed by atoms with Crippen molar-refractivity contribution in [3.63, 3.8) is 0 Å². The van der Waals surface area contributed by atoms with Gasteiger partial charge in [0.05, 0.1) is 0 Å². The molecular formula is C28H26N2O2S2. The minimum absolute atomic E-state index is 0.0471. The molecule has 0 spiro atoms. The summed E-state index contributed by atoms with van der Waals surface area (Å²) < 4.78 is 0. The summed E-state index contributed by atoms with van der Waals surface area (Å²) in [6.07, 6.45) is 2.88. The summed E-state index contributed by atoms with van der Waals surface area (Å²) in [6.45, 7) is 0. The van der Waals surface area contributed by atoms with Crippen molar-refractivity contribution in [3.05, 3.63) is 83.6 Å². The smallest absolute Gasteiger partial charge is 0.227 e. The number of hydrogen-bond donors (Lipinski definition) is 2. The van der Waals surface area contributed by atoms with Crippen LogP contribution in [0.5, 0.6) is 0 Å². The van der Waals surface area contributed by atoms with E-state index in [0.717, 1.165) is 57.9 Å². The van der Waals surface area contributed by atoms with E-state index >= 15 is 0 Å². The first kappa shape index (κ1) is 22.6. The first-order valence-corrected chi connectivity index (χ1v) is 13.3. The van der Waals surface area contributed by atoms with E-state index in [4.69, 9.17) is 0 Å². The zero-order valence-electron chi connectivity index (χ0n) is 18.7. The van der Waals surface area contributed by atoms with E-state index in [9.17, 15) is 9.59 Å². The molecule has 4 nitrogen and oxygen atoms in total. The lowest BCUT2D eigenvalue weighted by Crippen LogP contribution is -2.32. The van der Waals surface area contributed by atoms with Gasteiger partial charge in [-0.05, 0) is 60.7 Å². The van der Waals surface area contributed by atoms with Crippen LogP contribution in [0, 0.1) is 11.8 Å². The Morgan fingerprint density at radius 2 is 1.00 bits per heavy atom. The molecule has 0 radical (unpaired) electrons. The number of carbonyl (C=O) groups is 2. The maximum atomic E-state index is 13.0. The molecule has 1 aliphatic rings. The van der Waals surface area contributed by atoms with Crippen LogP contribution in [0.1, 0.15) is 25.7 Å². The van der Waals surface area contributed by atoms with Crippen molar-refractivity contribution in [1.82, 2.24) is 0 Å². The minimum atomic E-state index is -0.0705. The van der Waals surface area contributed by atoms with Gasteiger partial charge in [0.15, 0.2) is 0 Å². The second-order valence-electron chi connectivity index (χ2n) is 8.57. The molecule has 2 aromatic heterocycles. The van der Waals surface area contributed by atoms with Crippen molar-refractivity contribution in [2.75, 3.05) is 10.6 Å². The second-order valence-corrected chi connectivity index (χ2v) is 10.5. The maximum Gasteiger partial charge on any atom is 0.227 e. The number of benzene rings is 2. The van der Waals surface area contributed by atoms with Crippen LogP contribution in [-0.2, 0) is 9.59 Å². The van der Waals surface area contributed by atoms with E-state index in [-0.39, 0.29) is 23.7 Å². The van der Waals surface area contributed by atoms with Gasteiger partial charge >= 0.3 is 0 Å². The van der Waals surface area contributed by atoms with Gasteiger partial charge in [-0.3, -0.25) is 9.59 Å². The Morgan fingerprint density at radius 3 is 1.38 bits per heavy atom. The van der Waals surface area contributed by atoms with E-state index < -0.39 is 0 Å². The number of rotatable bonds is 6. The Kier molecular flexibility index (Phi) is 6.88. The molecule has 1 fully saturated rings. The fraction of sp³-hybridized carbons (Fsp3) is 0.214. The molecule has 1 aliphatic carbocycles. The molecule has 0 atom stereocenters. The normalized spacial score (nSPS) is 17.8. The van der Waals surface area contributed by atoms with Crippen molar-refractivity contribution in [1.29, 1.82) is 0 Å². The number of para-hydroxylation sites is 2. The second kappa shape index (κ2) is 10.4. The zero-order chi connectivity index (χ0) is 23.3. The number of amides is 2. The molecule has 2 amide bonds. The lowest BCUT2D eigenvalue weighted by molar-refractivity contribution is -0.125. The SMILES string of the molecule is O=C(Nc1ccccc1-c1cccs1)C1CCC(C(=O)Nc2ccccc2-c2cccs2)CC1. The van der Waals surface area contributed by atoms with Crippen LogP contribution in [0.25, 0.3) is 20.9 Å². The number of carbonyl (C=O) groups excluding carboxylic acids is 2. The molecular weight excluding hydrogens is 460 g/mol. The third-order valence-electron chi connectivity index (χ3n) is 6.41. The Bertz CT molecular complexity index is 1160. The number of nitrogens with one attached hydrogen (secondary N) is 2. The number of hydrogen-bond acceptors (Lipinski definition) is 4. The summed E-state index contributed by atoms with van der Waals surface area (Å²) in [6, 6.07) is 24.0. The van der Waals surface area contributed by atoms with Gasteiger partial charge in [0.1, 0.15) is 0 Å². The van der Waals surface area contributed by atoms with E-state index in [1.165, 1.54) is 0 Å². The predicted octanol–water partition coefficient (Wildman–Crippen LogP) is 7.53. The van der Waals surface area contributed by atoms with Gasteiger partial charge < -0.3 is 10.6 Å². The number of anilines is 2. The van der Waals surface area contributed by atoms with Crippen molar-refractivity contribution in [2.45, 2.75) is 25.7 Å². The lowest BCUT2D eigenvalue weighted by Gasteiger charge is -2.27. The highest BCUT2D eigenvalue weighted by Gasteiger charge is 2.30. The zero-order valence-corrected chi connectivity index (χ0v) is 20.3. The molecule has 0 aliphatic heterocycles. The van der Waals surface area contributed by atoms with Crippen LogP contribution >= 0.6 is 22.7 Å². The van der Waals surface area contributed by atoms with Gasteiger partial charge in [0, 0.05) is 44.1 Å². The maximum absolute atomic E-state index is 13.0. The van der Waals surface area contributed by atoms with Crippen molar-refractivity contribution < 1.29 is 9.59 Å². The number of thiophene rings is 2. The minimum Gasteiger partial charge on any atom is -0.325 e. The van der Waals surface area contributed by atoms with Crippen LogP contribution in [0.4, 0.5) is 11.4 Å². The third kappa shape index (κ3) is 4.98. The highest BCUT2D eigenvalue weighted by Crippen LogP contribution is 2.35. The summed E-state index contributed by atoms with van der Waals surface area (Å²) in [5.74, 6) is -0.0468. The molecule has 2 heterocycles. The van der Waals surface area contributed by atoms with Gasteiger partial charge in [0.2, 0.25) is 11.8 Å². The molecule has 6 heteroatoms. The van der Waals surface area contributed by atoms with E-state index in [1.807, 2.05) is 71.4 Å². The fourth-order valence-corrected chi connectivity index (χ4v) is 6.10. The third-order valence-corrected chi connectivity index (χ3v) is 8.22. The first-order chi connectivity index (χ1) is 16.7. The molecule has 1 saturated carbocycles. The Labute approximate surface area is 207 Å². The van der Waals surface area contributed by atoms with Crippen LogP contribution in [0.3, 0.4) is 0 Å². The van der Waals surface area contributed by atoms with Crippen LogP contribution in [-0.4, -0.2) is 11.8 Å². The molecule has 4 aromatic rings. The molecule has 2 aromatic carbocycles. The topological polar surface area (TPSA) is 58.2 Å². The molecule has 0 saturated heterocycles. The summed E-state index contributed by atoms with van der Waals surface area (Å²) in [7, 11) is 0. The van der Waals surface area contributed by atoms with Crippen molar-refractivity contribution >= 4 is 45.9 Å². The summed E-state index contributed by atoms with van der Waals surface area (Å²) in [5.41, 5.74) is 3.78. The Morgan fingerprint density at radius 1 is 0.588 bits per heavy atom. The first-order valence-electron chi connectivity index (χ1n) is 11.6. The van der Waals surface area contributed by atoms with Gasteiger partial charge in [0.25, 0.3) is 0 Å². The highest BCUT2D eigenvalue weighted by molar-refractivity contribution is 7.13. The van der Waals surface area contributed by atoms with E-state index in [2.05, 4.69) is 22.8 Å². The largest absolute Gasteiger partial charge is 0.325 e. The van der Waals surface area contributed by atoms with Crippen LogP contribution < -0.4 is 10.6 Å². The molecule has 0 bridgehead atoms. The van der Waals surface area contributed by atoms with Gasteiger partial charge in [-0.25, -0.2) is 0 Å². The summed E-state index contributed by atoms with van der Waals surface area (Å²) >= 11 is 3.32. The Balaban J connectivity index is 1.19. The molecule has 0 unspecified atom stereocenters. The van der Waals surface area contributed by atoms with Crippen LogP contribution in [0.2, 0.25) is 0 Å².